The number of anilines is 2. The third-order valence-electron chi connectivity index (χ3n) is 2.04. The molecule has 0 aliphatic heterocycles. The predicted octanol–water partition coefficient (Wildman–Crippen LogP) is 1.44. The highest BCUT2D eigenvalue weighted by atomic mass is 16.6. The lowest BCUT2D eigenvalue weighted by Crippen LogP contribution is -1.92. The molecule has 0 amide bonds. The van der Waals surface area contributed by atoms with Crippen LogP contribution in [-0.2, 0) is 0 Å². The van der Waals surface area contributed by atoms with Crippen LogP contribution in [0.3, 0.4) is 0 Å². The van der Waals surface area contributed by atoms with Crippen LogP contribution in [0.25, 0.3) is 0 Å². The predicted molar refractivity (Wildman–Crippen MR) is 62.0 cm³/mol. The van der Waals surface area contributed by atoms with E-state index in [9.17, 15) is 0 Å². The zero-order valence-corrected chi connectivity index (χ0v) is 8.71. The molecule has 1 heterocycles. The molecule has 0 radical (unpaired) electrons. The molecule has 2 rings (SSSR count). The fraction of sp³-hybridized carbons (Fsp3) is 0.100. The molecule has 3 N–H and O–H groups in total. The van der Waals surface area contributed by atoms with E-state index in [1.165, 1.54) is 6.21 Å². The van der Waals surface area contributed by atoms with Gasteiger partial charge in [0.2, 0.25) is 0 Å². The number of para-hydroxylation sites is 2. The van der Waals surface area contributed by atoms with Gasteiger partial charge < -0.3 is 11.1 Å². The Kier molecular flexibility index (Phi) is 2.81. The van der Waals surface area contributed by atoms with Crippen LogP contribution >= 0.6 is 0 Å². The second-order valence-electron chi connectivity index (χ2n) is 3.06. The van der Waals surface area contributed by atoms with E-state index in [1.807, 2.05) is 31.3 Å². The summed E-state index contributed by atoms with van der Waals surface area (Å²) in [5.74, 6) is 0.227. The summed E-state index contributed by atoms with van der Waals surface area (Å²) in [5, 5.41) is 10.1. The van der Waals surface area contributed by atoms with Crippen molar-refractivity contribution in [3.05, 3.63) is 30.0 Å². The Bertz CT molecular complexity index is 505. The van der Waals surface area contributed by atoms with E-state index < -0.39 is 0 Å². The van der Waals surface area contributed by atoms with Crippen molar-refractivity contribution in [2.45, 2.75) is 0 Å². The monoisotopic (exact) mass is 217 g/mol. The Balaban J connectivity index is 2.27. The molecule has 0 saturated heterocycles. The van der Waals surface area contributed by atoms with Crippen LogP contribution in [0.5, 0.6) is 0 Å². The van der Waals surface area contributed by atoms with Gasteiger partial charge >= 0.3 is 0 Å². The summed E-state index contributed by atoms with van der Waals surface area (Å²) < 4.78 is 4.46. The molecule has 0 spiro atoms. The molecule has 1 aromatic heterocycles. The van der Waals surface area contributed by atoms with Gasteiger partial charge in [-0.05, 0) is 22.4 Å². The molecule has 82 valence electrons. The maximum absolute atomic E-state index is 5.50. The van der Waals surface area contributed by atoms with E-state index >= 15 is 0 Å². The molecule has 16 heavy (non-hydrogen) atoms. The fourth-order valence-electron chi connectivity index (χ4n) is 1.22. The summed E-state index contributed by atoms with van der Waals surface area (Å²) in [6.07, 6.45) is 1.52. The molecule has 0 saturated carbocycles. The smallest absolute Gasteiger partial charge is 0.197 e. The van der Waals surface area contributed by atoms with Gasteiger partial charge in [0, 0.05) is 7.05 Å². The third-order valence-corrected chi connectivity index (χ3v) is 2.04. The summed E-state index contributed by atoms with van der Waals surface area (Å²) in [6.45, 7) is 0. The van der Waals surface area contributed by atoms with Gasteiger partial charge in [0.25, 0.3) is 0 Å². The Morgan fingerprint density at radius 2 is 2.19 bits per heavy atom. The van der Waals surface area contributed by atoms with E-state index in [0.717, 1.165) is 11.4 Å². The molecule has 6 nitrogen and oxygen atoms in total. The average molecular weight is 217 g/mol. The Labute approximate surface area is 92.1 Å². The molecule has 0 bridgehead atoms. The zero-order chi connectivity index (χ0) is 11.4. The number of aromatic nitrogens is 2. The topological polar surface area (TPSA) is 89.3 Å². The minimum absolute atomic E-state index is 0.227. The molecule has 0 fully saturated rings. The lowest BCUT2D eigenvalue weighted by molar-refractivity contribution is 0.308. The number of nitrogens with one attached hydrogen (secondary N) is 1. The summed E-state index contributed by atoms with van der Waals surface area (Å²) in [4.78, 5) is 4.25. The highest BCUT2D eigenvalue weighted by molar-refractivity contribution is 5.86. The molecular weight excluding hydrogens is 206 g/mol. The van der Waals surface area contributed by atoms with Gasteiger partial charge in [-0.2, -0.15) is 0 Å². The van der Waals surface area contributed by atoms with Crippen molar-refractivity contribution >= 4 is 23.4 Å². The first-order valence-electron chi connectivity index (χ1n) is 4.70. The summed E-state index contributed by atoms with van der Waals surface area (Å²) in [5.41, 5.74) is 7.65. The zero-order valence-electron chi connectivity index (χ0n) is 8.71. The maximum atomic E-state index is 5.50. The number of nitrogen functional groups attached to an aromatic ring is 1. The van der Waals surface area contributed by atoms with Crippen LogP contribution in [-0.4, -0.2) is 23.6 Å². The van der Waals surface area contributed by atoms with Gasteiger partial charge in [-0.15, -0.1) is 0 Å². The van der Waals surface area contributed by atoms with E-state index in [2.05, 4.69) is 25.3 Å². The molecule has 1 aromatic carbocycles. The van der Waals surface area contributed by atoms with Gasteiger partial charge in [0.1, 0.15) is 0 Å². The van der Waals surface area contributed by atoms with Crippen LogP contribution in [0.15, 0.2) is 33.9 Å². The first-order valence-corrected chi connectivity index (χ1v) is 4.70. The van der Waals surface area contributed by atoms with Gasteiger partial charge in [0.15, 0.2) is 11.5 Å². The highest BCUT2D eigenvalue weighted by Gasteiger charge is 2.02. The van der Waals surface area contributed by atoms with Crippen LogP contribution in [0.4, 0.5) is 17.2 Å². The Morgan fingerprint density at radius 1 is 1.38 bits per heavy atom. The first-order chi connectivity index (χ1) is 7.81. The molecule has 0 aliphatic carbocycles. The van der Waals surface area contributed by atoms with Gasteiger partial charge in [-0.3, -0.25) is 4.99 Å². The first kappa shape index (κ1) is 10.2. The number of hydrogen-bond acceptors (Lipinski definition) is 6. The molecule has 0 atom stereocenters. The SMILES string of the molecule is CNc1ccccc1N=Cc1nonc1N. The second kappa shape index (κ2) is 4.43. The van der Waals surface area contributed by atoms with E-state index in [1.54, 1.807) is 0 Å². The van der Waals surface area contributed by atoms with Crippen LogP contribution in [0.2, 0.25) is 0 Å². The normalized spacial score (nSPS) is 10.8. The molecule has 0 unspecified atom stereocenters. The number of rotatable bonds is 3. The minimum atomic E-state index is 0.227. The van der Waals surface area contributed by atoms with Crippen molar-refractivity contribution in [3.63, 3.8) is 0 Å². The number of nitrogens with zero attached hydrogens (tertiary/aromatic N) is 3. The Morgan fingerprint density at radius 3 is 2.88 bits per heavy atom. The van der Waals surface area contributed by atoms with Crippen LogP contribution < -0.4 is 11.1 Å². The summed E-state index contributed by atoms with van der Waals surface area (Å²) in [7, 11) is 1.83. The van der Waals surface area contributed by atoms with E-state index in [4.69, 9.17) is 5.73 Å². The quantitative estimate of drug-likeness (QED) is 0.759. The molecule has 2 aromatic rings. The summed E-state index contributed by atoms with van der Waals surface area (Å²) in [6, 6.07) is 7.64. The number of hydrogen-bond donors (Lipinski definition) is 2. The van der Waals surface area contributed by atoms with Crippen molar-refractivity contribution < 1.29 is 4.63 Å². The van der Waals surface area contributed by atoms with Crippen molar-refractivity contribution in [2.75, 3.05) is 18.1 Å². The average Bonchev–Trinajstić information content (AvgIpc) is 2.72. The Hall–Kier alpha value is -2.37. The van der Waals surface area contributed by atoms with Gasteiger partial charge in [-0.1, -0.05) is 12.1 Å². The van der Waals surface area contributed by atoms with Gasteiger partial charge in [0.05, 0.1) is 17.6 Å². The van der Waals surface area contributed by atoms with Gasteiger partial charge in [-0.25, -0.2) is 4.63 Å². The second-order valence-corrected chi connectivity index (χ2v) is 3.06. The van der Waals surface area contributed by atoms with Crippen molar-refractivity contribution in [3.8, 4) is 0 Å². The van der Waals surface area contributed by atoms with E-state index in [0.29, 0.717) is 5.69 Å². The molecular formula is C10H11N5O. The minimum Gasteiger partial charge on any atom is -0.386 e. The maximum Gasteiger partial charge on any atom is 0.197 e. The van der Waals surface area contributed by atoms with Crippen molar-refractivity contribution in [1.29, 1.82) is 0 Å². The molecule has 6 heteroatoms. The fourth-order valence-corrected chi connectivity index (χ4v) is 1.22. The largest absolute Gasteiger partial charge is 0.386 e. The highest BCUT2D eigenvalue weighted by Crippen LogP contribution is 2.23. The number of aliphatic imine (C=N–C) groups is 1. The van der Waals surface area contributed by atoms with Crippen LogP contribution in [0.1, 0.15) is 5.69 Å². The third kappa shape index (κ3) is 2.00. The van der Waals surface area contributed by atoms with Crippen molar-refractivity contribution in [1.82, 2.24) is 10.3 Å². The van der Waals surface area contributed by atoms with Crippen LogP contribution in [0, 0.1) is 0 Å². The summed E-state index contributed by atoms with van der Waals surface area (Å²) >= 11 is 0. The van der Waals surface area contributed by atoms with Crippen molar-refractivity contribution in [2.24, 2.45) is 4.99 Å². The van der Waals surface area contributed by atoms with E-state index in [-0.39, 0.29) is 5.82 Å². The molecule has 0 aliphatic rings. The lowest BCUT2D eigenvalue weighted by Gasteiger charge is -2.02. The number of nitrogens with two attached hydrogens (primary N) is 1. The lowest BCUT2D eigenvalue weighted by atomic mass is 10.3. The standard InChI is InChI=1S/C10H11N5O/c1-12-7-4-2-3-5-8(7)13-6-9-10(11)15-16-14-9/h2-6,12H,1H3,(H2,11,15). The number of benzene rings is 1.